The average molecular weight is 355 g/mol. The van der Waals surface area contributed by atoms with E-state index in [1.807, 2.05) is 20.2 Å². The van der Waals surface area contributed by atoms with E-state index in [0.717, 1.165) is 13.0 Å². The third-order valence-corrected chi connectivity index (χ3v) is 5.14. The lowest BCUT2D eigenvalue weighted by atomic mass is 9.84. The number of nitrogens with one attached hydrogen (secondary N) is 2. The Labute approximate surface area is 151 Å². The molecule has 0 aliphatic rings. The summed E-state index contributed by atoms with van der Waals surface area (Å²) in [6.07, 6.45) is 0.936. The number of urea groups is 1. The average Bonchev–Trinajstić information content (AvgIpc) is 2.95. The molecule has 138 valence electrons. The molecule has 0 radical (unpaired) electrons. The smallest absolute Gasteiger partial charge is 0.315 e. The number of carbonyl (C=O) groups is 1. The Morgan fingerprint density at radius 3 is 2.38 bits per heavy atom. The second-order valence-electron chi connectivity index (χ2n) is 7.86. The van der Waals surface area contributed by atoms with Gasteiger partial charge < -0.3 is 20.4 Å². The summed E-state index contributed by atoms with van der Waals surface area (Å²) < 4.78 is 0. The van der Waals surface area contributed by atoms with Crippen LogP contribution in [0.3, 0.4) is 0 Å². The van der Waals surface area contributed by atoms with Crippen molar-refractivity contribution in [2.24, 2.45) is 5.41 Å². The summed E-state index contributed by atoms with van der Waals surface area (Å²) in [7, 11) is 8.20. The van der Waals surface area contributed by atoms with Crippen molar-refractivity contribution < 1.29 is 4.79 Å². The zero-order valence-corrected chi connectivity index (χ0v) is 17.0. The van der Waals surface area contributed by atoms with E-state index in [1.165, 1.54) is 4.88 Å². The minimum atomic E-state index is -0.0860. The van der Waals surface area contributed by atoms with Gasteiger partial charge in [-0.05, 0) is 58.0 Å². The van der Waals surface area contributed by atoms with Crippen LogP contribution in [-0.4, -0.2) is 63.2 Å². The second-order valence-corrected chi connectivity index (χ2v) is 8.84. The maximum atomic E-state index is 12.4. The highest BCUT2D eigenvalue weighted by atomic mass is 32.1. The monoisotopic (exact) mass is 354 g/mol. The maximum Gasteiger partial charge on any atom is 0.315 e. The fourth-order valence-corrected chi connectivity index (χ4v) is 3.45. The Kier molecular flexibility index (Phi) is 8.19. The van der Waals surface area contributed by atoms with Crippen LogP contribution in [0, 0.1) is 5.41 Å². The van der Waals surface area contributed by atoms with Crippen LogP contribution in [0.2, 0.25) is 0 Å². The highest BCUT2D eigenvalue weighted by Gasteiger charge is 2.26. The van der Waals surface area contributed by atoms with E-state index in [4.69, 9.17) is 0 Å². The molecule has 0 spiro atoms. The lowest BCUT2D eigenvalue weighted by Crippen LogP contribution is -2.50. The van der Waals surface area contributed by atoms with Gasteiger partial charge in [0, 0.05) is 17.5 Å². The molecule has 2 amide bonds. The molecule has 2 atom stereocenters. The summed E-state index contributed by atoms with van der Waals surface area (Å²) in [5, 5.41) is 8.28. The van der Waals surface area contributed by atoms with Crippen molar-refractivity contribution in [1.29, 1.82) is 0 Å². The lowest BCUT2D eigenvalue weighted by molar-refractivity contribution is 0.203. The molecule has 0 aliphatic heterocycles. The summed E-state index contributed by atoms with van der Waals surface area (Å²) >= 11 is 1.72. The molecule has 0 bridgehead atoms. The highest BCUT2D eigenvalue weighted by Crippen LogP contribution is 2.23. The molecule has 24 heavy (non-hydrogen) atoms. The Bertz CT molecular complexity index is 480. The van der Waals surface area contributed by atoms with Crippen LogP contribution in [0.25, 0.3) is 0 Å². The first-order valence-electron chi connectivity index (χ1n) is 8.50. The van der Waals surface area contributed by atoms with E-state index >= 15 is 0 Å². The summed E-state index contributed by atoms with van der Waals surface area (Å²) in [5.41, 5.74) is 0.0298. The van der Waals surface area contributed by atoms with Gasteiger partial charge in [0.25, 0.3) is 0 Å². The molecule has 1 rings (SSSR count). The molecule has 1 aromatic rings. The first kappa shape index (κ1) is 20.9. The number of nitrogens with zero attached hydrogens (tertiary/aromatic N) is 2. The van der Waals surface area contributed by atoms with E-state index in [1.54, 1.807) is 11.3 Å². The zero-order valence-electron chi connectivity index (χ0n) is 16.2. The summed E-state index contributed by atoms with van der Waals surface area (Å²) in [6.45, 7) is 8.06. The molecule has 0 aliphatic carbocycles. The van der Waals surface area contributed by atoms with E-state index in [9.17, 15) is 4.79 Å². The van der Waals surface area contributed by atoms with Gasteiger partial charge in [-0.3, -0.25) is 0 Å². The van der Waals surface area contributed by atoms with Crippen LogP contribution in [0.5, 0.6) is 0 Å². The molecule has 1 aromatic heterocycles. The van der Waals surface area contributed by atoms with Crippen LogP contribution in [0.15, 0.2) is 17.5 Å². The van der Waals surface area contributed by atoms with Crippen molar-refractivity contribution in [3.05, 3.63) is 22.4 Å². The lowest BCUT2D eigenvalue weighted by Gasteiger charge is -2.33. The number of amides is 2. The fourth-order valence-electron chi connectivity index (χ4n) is 2.53. The van der Waals surface area contributed by atoms with Gasteiger partial charge >= 0.3 is 6.03 Å². The third kappa shape index (κ3) is 7.20. The fraction of sp³-hybridized carbons (Fsp3) is 0.722. The van der Waals surface area contributed by atoms with Gasteiger partial charge in [0.05, 0.1) is 6.04 Å². The summed E-state index contributed by atoms with van der Waals surface area (Å²) in [6, 6.07) is 4.42. The molecule has 6 heteroatoms. The zero-order chi connectivity index (χ0) is 18.3. The normalized spacial score (nSPS) is 14.7. The molecule has 0 fully saturated rings. The SMILES string of the molecule is CN(C)CC[C@@H](NC(=O)NC[C@H](c1cccs1)N(C)C)C(C)(C)C. The Hall–Kier alpha value is -1.11. The minimum Gasteiger partial charge on any atom is -0.336 e. The van der Waals surface area contributed by atoms with Crippen LogP contribution >= 0.6 is 11.3 Å². The van der Waals surface area contributed by atoms with E-state index < -0.39 is 0 Å². The number of hydrogen-bond donors (Lipinski definition) is 2. The van der Waals surface area contributed by atoms with E-state index in [2.05, 4.69) is 66.7 Å². The number of likely N-dealkylation sites (N-methyl/N-ethyl adjacent to an activating group) is 1. The molecule has 0 saturated carbocycles. The number of thiophene rings is 1. The first-order chi connectivity index (χ1) is 11.1. The van der Waals surface area contributed by atoms with Gasteiger partial charge in [-0.15, -0.1) is 11.3 Å². The Morgan fingerprint density at radius 2 is 1.92 bits per heavy atom. The predicted molar refractivity (Wildman–Crippen MR) is 104 cm³/mol. The van der Waals surface area contributed by atoms with Crippen molar-refractivity contribution in [1.82, 2.24) is 20.4 Å². The molecular weight excluding hydrogens is 320 g/mol. The van der Waals surface area contributed by atoms with Crippen LogP contribution in [0.1, 0.15) is 38.1 Å². The standard InChI is InChI=1S/C18H34N4OS/c1-18(2,3)16(10-11-21(4)5)20-17(23)19-13-14(22(6)7)15-9-8-12-24-15/h8-9,12,14,16H,10-11,13H2,1-7H3,(H2,19,20,23)/t14-,16-/m1/s1. The molecule has 0 saturated heterocycles. The highest BCUT2D eigenvalue weighted by molar-refractivity contribution is 7.10. The second kappa shape index (κ2) is 9.39. The molecule has 0 unspecified atom stereocenters. The number of carbonyl (C=O) groups excluding carboxylic acids is 1. The van der Waals surface area contributed by atoms with Crippen molar-refractivity contribution in [2.75, 3.05) is 41.3 Å². The largest absolute Gasteiger partial charge is 0.336 e. The van der Waals surface area contributed by atoms with Gasteiger partial charge in [-0.25, -0.2) is 4.79 Å². The topological polar surface area (TPSA) is 47.6 Å². The van der Waals surface area contributed by atoms with Gasteiger partial charge in [-0.2, -0.15) is 0 Å². The quantitative estimate of drug-likeness (QED) is 0.754. The molecule has 0 aromatic carbocycles. The van der Waals surface area contributed by atoms with Crippen LogP contribution < -0.4 is 10.6 Å². The van der Waals surface area contributed by atoms with Gasteiger partial charge in [0.1, 0.15) is 0 Å². The molecule has 5 nitrogen and oxygen atoms in total. The molecule has 2 N–H and O–H groups in total. The van der Waals surface area contributed by atoms with Gasteiger partial charge in [-0.1, -0.05) is 26.8 Å². The Balaban J connectivity index is 2.58. The van der Waals surface area contributed by atoms with Crippen molar-refractivity contribution in [2.45, 2.75) is 39.3 Å². The first-order valence-corrected chi connectivity index (χ1v) is 9.38. The van der Waals surface area contributed by atoms with Gasteiger partial charge in [0.15, 0.2) is 0 Å². The number of hydrogen-bond acceptors (Lipinski definition) is 4. The van der Waals surface area contributed by atoms with Crippen LogP contribution in [-0.2, 0) is 0 Å². The predicted octanol–water partition coefficient (Wildman–Crippen LogP) is 3.02. The van der Waals surface area contributed by atoms with E-state index in [0.29, 0.717) is 6.54 Å². The Morgan fingerprint density at radius 1 is 1.25 bits per heavy atom. The van der Waals surface area contributed by atoms with Crippen molar-refractivity contribution in [3.63, 3.8) is 0 Å². The molecular formula is C18H34N4OS. The minimum absolute atomic E-state index is 0.0298. The van der Waals surface area contributed by atoms with E-state index in [-0.39, 0.29) is 23.5 Å². The number of rotatable bonds is 8. The summed E-state index contributed by atoms with van der Waals surface area (Å²) in [5.74, 6) is 0. The maximum absolute atomic E-state index is 12.4. The van der Waals surface area contributed by atoms with Crippen LogP contribution in [0.4, 0.5) is 4.79 Å². The molecule has 1 heterocycles. The van der Waals surface area contributed by atoms with Crippen molar-refractivity contribution >= 4 is 17.4 Å². The summed E-state index contributed by atoms with van der Waals surface area (Å²) in [4.78, 5) is 17.9. The van der Waals surface area contributed by atoms with Gasteiger partial charge in [0.2, 0.25) is 0 Å². The third-order valence-electron chi connectivity index (χ3n) is 4.17. The van der Waals surface area contributed by atoms with Crippen molar-refractivity contribution in [3.8, 4) is 0 Å².